The summed E-state index contributed by atoms with van der Waals surface area (Å²) in [5.74, 6) is 0.467. The fourth-order valence-electron chi connectivity index (χ4n) is 4.26. The van der Waals surface area contributed by atoms with Crippen LogP contribution in [-0.4, -0.2) is 71.8 Å². The number of halogens is 3. The van der Waals surface area contributed by atoms with Crippen molar-refractivity contribution in [2.75, 3.05) is 19.7 Å². The van der Waals surface area contributed by atoms with E-state index in [0.29, 0.717) is 30.0 Å². The zero-order valence-corrected chi connectivity index (χ0v) is 15.9. The van der Waals surface area contributed by atoms with Gasteiger partial charge in [0.2, 0.25) is 0 Å². The molecule has 0 unspecified atom stereocenters. The number of fused-ring (bicyclic) bond motifs is 3. The van der Waals surface area contributed by atoms with Crippen LogP contribution in [0.1, 0.15) is 44.2 Å². The Balaban J connectivity index is 1.68. The Morgan fingerprint density at radius 3 is 2.83 bits per heavy atom. The zero-order valence-electron chi connectivity index (χ0n) is 15.9. The van der Waals surface area contributed by atoms with Crippen LogP contribution in [-0.2, 0) is 0 Å². The first-order chi connectivity index (χ1) is 13.8. The van der Waals surface area contributed by atoms with Crippen LogP contribution in [0.15, 0.2) is 12.4 Å². The van der Waals surface area contributed by atoms with Gasteiger partial charge in [0, 0.05) is 25.0 Å². The van der Waals surface area contributed by atoms with Gasteiger partial charge in [-0.15, -0.1) is 0 Å². The predicted octanol–water partition coefficient (Wildman–Crippen LogP) is 2.31. The summed E-state index contributed by atoms with van der Waals surface area (Å²) < 4.78 is 39.5. The minimum atomic E-state index is -4.19. The molecule has 3 N–H and O–H groups in total. The number of hydrogen-bond acceptors (Lipinski definition) is 6. The molecule has 8 nitrogen and oxygen atoms in total. The average Bonchev–Trinajstić information content (AvgIpc) is 3.35. The molecule has 29 heavy (non-hydrogen) atoms. The molecule has 0 spiro atoms. The third-order valence-corrected chi connectivity index (χ3v) is 5.52. The van der Waals surface area contributed by atoms with E-state index in [2.05, 4.69) is 20.2 Å². The number of nitrogens with zero attached hydrogens (tertiary/aromatic N) is 5. The molecule has 0 aliphatic carbocycles. The molecule has 0 amide bonds. The van der Waals surface area contributed by atoms with E-state index in [1.54, 1.807) is 19.3 Å². The smallest absolute Gasteiger partial charge is 0.389 e. The number of aliphatic hydroxyl groups is 2. The number of alkyl halides is 3. The van der Waals surface area contributed by atoms with Crippen molar-refractivity contribution in [3.8, 4) is 0 Å². The maximum atomic E-state index is 12.5. The van der Waals surface area contributed by atoms with E-state index in [4.69, 9.17) is 0 Å². The normalized spacial score (nSPS) is 22.1. The van der Waals surface area contributed by atoms with Crippen molar-refractivity contribution < 1.29 is 23.4 Å². The van der Waals surface area contributed by atoms with Gasteiger partial charge in [-0.1, -0.05) is 0 Å². The summed E-state index contributed by atoms with van der Waals surface area (Å²) >= 11 is 0. The second-order valence-corrected chi connectivity index (χ2v) is 7.58. The van der Waals surface area contributed by atoms with Gasteiger partial charge < -0.3 is 14.8 Å². The number of pyridine rings is 1. The molecular weight excluding hydrogens is 389 g/mol. The summed E-state index contributed by atoms with van der Waals surface area (Å²) in [6, 6.07) is -0.387. The molecule has 3 aromatic rings. The number of nitrogens with one attached hydrogen (secondary N) is 1. The van der Waals surface area contributed by atoms with Gasteiger partial charge in [0.25, 0.3) is 0 Å². The lowest BCUT2D eigenvalue weighted by Gasteiger charge is -2.22. The summed E-state index contributed by atoms with van der Waals surface area (Å²) in [6.45, 7) is 2.20. The van der Waals surface area contributed by atoms with Crippen LogP contribution in [0, 0.1) is 0 Å². The number of H-pyrrole nitrogens is 1. The second-order valence-electron chi connectivity index (χ2n) is 7.58. The van der Waals surface area contributed by atoms with Crippen LogP contribution >= 0.6 is 0 Å². The molecular formula is C18H23F3N6O2. The molecule has 1 aliphatic rings. The molecule has 0 bridgehead atoms. The summed E-state index contributed by atoms with van der Waals surface area (Å²) in [6.07, 6.45) is -2.08. The minimum Gasteiger partial charge on any atom is -0.395 e. The van der Waals surface area contributed by atoms with Gasteiger partial charge in [-0.05, 0) is 26.3 Å². The molecule has 0 saturated carbocycles. The Morgan fingerprint density at radius 1 is 1.34 bits per heavy atom. The standard InChI is InChI=1S/C18H23F3N6O2/c1-10(29)17-24-14-7-22-16-13(6-23-25-16)15(14)27(17)11-5-12(9-28)26(8-11)4-2-3-18(19,20)21/h6-7,10-12,28-29H,2-5,8-9H2,1H3,(H,22,23,25)/t10-,11+,12+/m1/s1. The zero-order chi connectivity index (χ0) is 20.8. The summed E-state index contributed by atoms with van der Waals surface area (Å²) in [5.41, 5.74) is 1.99. The van der Waals surface area contributed by atoms with E-state index >= 15 is 0 Å². The van der Waals surface area contributed by atoms with Crippen molar-refractivity contribution in [2.24, 2.45) is 0 Å². The molecule has 4 heterocycles. The van der Waals surface area contributed by atoms with E-state index in [1.807, 2.05) is 9.47 Å². The first-order valence-corrected chi connectivity index (χ1v) is 9.58. The fraction of sp³-hybridized carbons (Fsp3) is 0.611. The number of hydrogen-bond donors (Lipinski definition) is 3. The number of aromatic nitrogens is 5. The Kier molecular flexibility index (Phi) is 5.21. The highest BCUT2D eigenvalue weighted by Gasteiger charge is 2.36. The van der Waals surface area contributed by atoms with E-state index in [-0.39, 0.29) is 31.7 Å². The van der Waals surface area contributed by atoms with Gasteiger partial charge in [0.05, 0.1) is 29.9 Å². The maximum absolute atomic E-state index is 12.5. The molecule has 158 valence electrons. The van der Waals surface area contributed by atoms with E-state index in [0.717, 1.165) is 10.9 Å². The third kappa shape index (κ3) is 3.81. The number of aliphatic hydroxyl groups excluding tert-OH is 2. The highest BCUT2D eigenvalue weighted by molar-refractivity contribution is 6.00. The SMILES string of the molecule is C[C@@H](O)c1nc2cnc3[nH]ncc3c2n1[C@H]1C[C@@H](CO)N(CCCC(F)(F)F)C1. The summed E-state index contributed by atoms with van der Waals surface area (Å²) in [5, 5.41) is 27.7. The number of rotatable bonds is 6. The molecule has 1 saturated heterocycles. The van der Waals surface area contributed by atoms with Gasteiger partial charge >= 0.3 is 6.18 Å². The monoisotopic (exact) mass is 412 g/mol. The highest BCUT2D eigenvalue weighted by atomic mass is 19.4. The van der Waals surface area contributed by atoms with Crippen LogP contribution in [0.3, 0.4) is 0 Å². The number of likely N-dealkylation sites (tertiary alicyclic amines) is 1. The predicted molar refractivity (Wildman–Crippen MR) is 99.2 cm³/mol. The fourth-order valence-corrected chi connectivity index (χ4v) is 4.26. The van der Waals surface area contributed by atoms with Crippen molar-refractivity contribution in [3.05, 3.63) is 18.2 Å². The minimum absolute atomic E-state index is 0.0173. The van der Waals surface area contributed by atoms with Crippen molar-refractivity contribution in [3.63, 3.8) is 0 Å². The second kappa shape index (κ2) is 7.54. The molecule has 0 aromatic carbocycles. The lowest BCUT2D eigenvalue weighted by Crippen LogP contribution is -2.33. The number of imidazole rings is 1. The first-order valence-electron chi connectivity index (χ1n) is 9.58. The summed E-state index contributed by atoms with van der Waals surface area (Å²) in [4.78, 5) is 10.7. The topological polar surface area (TPSA) is 103 Å². The lowest BCUT2D eigenvalue weighted by atomic mass is 10.1. The lowest BCUT2D eigenvalue weighted by molar-refractivity contribution is -0.136. The van der Waals surface area contributed by atoms with Crippen LogP contribution in [0.2, 0.25) is 0 Å². The molecule has 11 heteroatoms. The summed E-state index contributed by atoms with van der Waals surface area (Å²) in [7, 11) is 0. The van der Waals surface area contributed by atoms with Crippen molar-refractivity contribution >= 4 is 22.1 Å². The van der Waals surface area contributed by atoms with Gasteiger partial charge in [0.1, 0.15) is 17.4 Å². The molecule has 4 rings (SSSR count). The van der Waals surface area contributed by atoms with E-state index in [1.165, 1.54) is 0 Å². The van der Waals surface area contributed by atoms with Crippen LogP contribution in [0.4, 0.5) is 13.2 Å². The van der Waals surface area contributed by atoms with E-state index < -0.39 is 18.7 Å². The van der Waals surface area contributed by atoms with Crippen LogP contribution in [0.5, 0.6) is 0 Å². The Bertz CT molecular complexity index is 999. The molecule has 3 atom stereocenters. The molecule has 1 fully saturated rings. The average molecular weight is 412 g/mol. The molecule has 3 aromatic heterocycles. The van der Waals surface area contributed by atoms with Crippen LogP contribution in [0.25, 0.3) is 22.1 Å². The largest absolute Gasteiger partial charge is 0.395 e. The maximum Gasteiger partial charge on any atom is 0.389 e. The quantitative estimate of drug-likeness (QED) is 0.574. The third-order valence-electron chi connectivity index (χ3n) is 5.52. The first kappa shape index (κ1) is 20.0. The number of aromatic amines is 1. The van der Waals surface area contributed by atoms with Crippen molar-refractivity contribution in [1.29, 1.82) is 0 Å². The highest BCUT2D eigenvalue weighted by Crippen LogP contribution is 2.36. The van der Waals surface area contributed by atoms with Crippen LogP contribution < -0.4 is 0 Å². The Hall–Kier alpha value is -2.24. The molecule has 0 radical (unpaired) electrons. The van der Waals surface area contributed by atoms with Gasteiger partial charge in [0.15, 0.2) is 5.65 Å². The van der Waals surface area contributed by atoms with Crippen molar-refractivity contribution in [2.45, 2.75) is 50.6 Å². The van der Waals surface area contributed by atoms with Gasteiger partial charge in [-0.2, -0.15) is 18.3 Å². The van der Waals surface area contributed by atoms with Gasteiger partial charge in [-0.3, -0.25) is 10.00 Å². The Morgan fingerprint density at radius 2 is 2.14 bits per heavy atom. The Labute approximate surface area is 164 Å². The van der Waals surface area contributed by atoms with Gasteiger partial charge in [-0.25, -0.2) is 9.97 Å². The molecule has 1 aliphatic heterocycles. The van der Waals surface area contributed by atoms with E-state index in [9.17, 15) is 23.4 Å². The van der Waals surface area contributed by atoms with Crippen molar-refractivity contribution in [1.82, 2.24) is 29.6 Å².